The number of hydrogen-bond donors (Lipinski definition) is 1. The number of nitrogens with zero attached hydrogens (tertiary/aromatic N) is 3. The van der Waals surface area contributed by atoms with E-state index in [1.54, 1.807) is 44.2 Å². The molecule has 1 fully saturated rings. The third kappa shape index (κ3) is 4.23. The molecule has 178 valence electrons. The Morgan fingerprint density at radius 3 is 2.26 bits per heavy atom. The normalized spacial score (nSPS) is 15.0. The van der Waals surface area contributed by atoms with Gasteiger partial charge in [-0.05, 0) is 68.7 Å². The molecule has 0 radical (unpaired) electrons. The van der Waals surface area contributed by atoms with Crippen molar-refractivity contribution in [1.29, 1.82) is 0 Å². The molecule has 4 amide bonds. The average Bonchev–Trinajstić information content (AvgIpc) is 3.10. The van der Waals surface area contributed by atoms with Crippen LogP contribution in [0.15, 0.2) is 54.1 Å². The fourth-order valence-corrected chi connectivity index (χ4v) is 4.19. The molecule has 1 aliphatic heterocycles. The van der Waals surface area contributed by atoms with Crippen molar-refractivity contribution in [2.24, 2.45) is 0 Å². The van der Waals surface area contributed by atoms with Crippen molar-refractivity contribution in [2.75, 3.05) is 4.90 Å². The standard InChI is InChI=1S/C26H24N4O5/c1-5-18-7-10-20(11-8-18)29-25(32)22(24(31)27-26(29)33)13-19-12-16(3)28(17(19)4)21-9-6-15(2)23(14-21)30(34)35/h6-14H,5H2,1-4H3,(H,27,31,33). The van der Waals surface area contributed by atoms with Gasteiger partial charge in [0, 0.05) is 23.0 Å². The Hall–Kier alpha value is -4.53. The maximum atomic E-state index is 13.2. The molecule has 0 atom stereocenters. The van der Waals surface area contributed by atoms with Crippen LogP contribution >= 0.6 is 0 Å². The number of hydrogen-bond acceptors (Lipinski definition) is 5. The number of nitro benzene ring substituents is 1. The Balaban J connectivity index is 1.75. The second-order valence-corrected chi connectivity index (χ2v) is 8.37. The van der Waals surface area contributed by atoms with Gasteiger partial charge in [0.05, 0.1) is 16.3 Å². The van der Waals surface area contributed by atoms with E-state index in [1.807, 2.05) is 30.5 Å². The molecule has 1 aromatic heterocycles. The molecule has 35 heavy (non-hydrogen) atoms. The van der Waals surface area contributed by atoms with Crippen LogP contribution in [0, 0.1) is 30.9 Å². The molecule has 0 bridgehead atoms. The van der Waals surface area contributed by atoms with Crippen LogP contribution in [0.1, 0.15) is 35.0 Å². The Bertz CT molecular complexity index is 1420. The van der Waals surface area contributed by atoms with E-state index in [9.17, 15) is 24.5 Å². The molecule has 1 saturated heterocycles. The van der Waals surface area contributed by atoms with Crippen LogP contribution in [0.5, 0.6) is 0 Å². The predicted molar refractivity (Wildman–Crippen MR) is 131 cm³/mol. The fourth-order valence-electron chi connectivity index (χ4n) is 4.19. The first-order valence-electron chi connectivity index (χ1n) is 11.1. The Labute approximate surface area is 201 Å². The number of nitrogens with one attached hydrogen (secondary N) is 1. The molecule has 3 aromatic rings. The van der Waals surface area contributed by atoms with Crippen LogP contribution < -0.4 is 10.2 Å². The number of benzene rings is 2. The first-order chi connectivity index (χ1) is 16.6. The number of amides is 4. The molecule has 2 aromatic carbocycles. The lowest BCUT2D eigenvalue weighted by Crippen LogP contribution is -2.54. The fraction of sp³-hybridized carbons (Fsp3) is 0.192. The molecule has 2 heterocycles. The van der Waals surface area contributed by atoms with Gasteiger partial charge in [0.1, 0.15) is 5.57 Å². The van der Waals surface area contributed by atoms with Crippen LogP contribution in [0.2, 0.25) is 0 Å². The predicted octanol–water partition coefficient (Wildman–Crippen LogP) is 4.54. The lowest BCUT2D eigenvalue weighted by Gasteiger charge is -2.26. The summed E-state index contributed by atoms with van der Waals surface area (Å²) in [6.45, 7) is 7.29. The van der Waals surface area contributed by atoms with Gasteiger partial charge in [-0.3, -0.25) is 25.0 Å². The van der Waals surface area contributed by atoms with E-state index < -0.39 is 22.8 Å². The van der Waals surface area contributed by atoms with E-state index >= 15 is 0 Å². The number of barbiturate groups is 1. The smallest absolute Gasteiger partial charge is 0.318 e. The highest BCUT2D eigenvalue weighted by atomic mass is 16.6. The highest BCUT2D eigenvalue weighted by molar-refractivity contribution is 6.39. The largest absolute Gasteiger partial charge is 0.335 e. The van der Waals surface area contributed by atoms with Gasteiger partial charge in [0.15, 0.2) is 0 Å². The molecule has 0 unspecified atom stereocenters. The number of urea groups is 1. The van der Waals surface area contributed by atoms with Crippen molar-refractivity contribution < 1.29 is 19.3 Å². The number of anilines is 1. The second-order valence-electron chi connectivity index (χ2n) is 8.37. The highest BCUT2D eigenvalue weighted by Crippen LogP contribution is 2.28. The lowest BCUT2D eigenvalue weighted by molar-refractivity contribution is -0.385. The van der Waals surface area contributed by atoms with Crippen molar-refractivity contribution in [3.8, 4) is 5.69 Å². The van der Waals surface area contributed by atoms with Crippen molar-refractivity contribution in [3.63, 3.8) is 0 Å². The topological polar surface area (TPSA) is 115 Å². The number of nitro groups is 1. The van der Waals surface area contributed by atoms with Gasteiger partial charge in [0.2, 0.25) is 0 Å². The Kier molecular flexibility index (Phi) is 6.09. The van der Waals surface area contributed by atoms with Gasteiger partial charge >= 0.3 is 6.03 Å². The summed E-state index contributed by atoms with van der Waals surface area (Å²) >= 11 is 0. The van der Waals surface area contributed by atoms with E-state index in [1.165, 1.54) is 12.1 Å². The summed E-state index contributed by atoms with van der Waals surface area (Å²) in [6.07, 6.45) is 2.25. The van der Waals surface area contributed by atoms with Gasteiger partial charge in [-0.15, -0.1) is 0 Å². The van der Waals surface area contributed by atoms with Crippen molar-refractivity contribution in [1.82, 2.24) is 9.88 Å². The molecular weight excluding hydrogens is 448 g/mol. The molecule has 9 nitrogen and oxygen atoms in total. The Morgan fingerprint density at radius 1 is 0.971 bits per heavy atom. The average molecular weight is 473 g/mol. The number of aromatic nitrogens is 1. The molecule has 0 spiro atoms. The number of carbonyl (C=O) groups excluding carboxylic acids is 3. The summed E-state index contributed by atoms with van der Waals surface area (Å²) in [7, 11) is 0. The van der Waals surface area contributed by atoms with Gasteiger partial charge in [-0.25, -0.2) is 9.69 Å². The molecular formula is C26H24N4O5. The summed E-state index contributed by atoms with van der Waals surface area (Å²) in [5, 5.41) is 13.6. The lowest BCUT2D eigenvalue weighted by atomic mass is 10.1. The van der Waals surface area contributed by atoms with Gasteiger partial charge in [-0.2, -0.15) is 0 Å². The van der Waals surface area contributed by atoms with Crippen molar-refractivity contribution in [2.45, 2.75) is 34.1 Å². The SMILES string of the molecule is CCc1ccc(N2C(=O)NC(=O)C(=Cc3cc(C)n(-c4ccc(C)c([N+](=O)[O-])c4)c3C)C2=O)cc1. The molecule has 0 aliphatic carbocycles. The third-order valence-electron chi connectivity index (χ3n) is 6.12. The summed E-state index contributed by atoms with van der Waals surface area (Å²) in [5.41, 5.74) is 4.40. The van der Waals surface area contributed by atoms with Crippen molar-refractivity contribution >= 4 is 35.3 Å². The maximum absolute atomic E-state index is 13.2. The van der Waals surface area contributed by atoms with Crippen LogP contribution in [-0.2, 0) is 16.0 Å². The number of imide groups is 2. The molecule has 4 rings (SSSR count). The first-order valence-corrected chi connectivity index (χ1v) is 11.1. The summed E-state index contributed by atoms with van der Waals surface area (Å²) in [6, 6.07) is 12.9. The van der Waals surface area contributed by atoms with Gasteiger partial charge in [-0.1, -0.05) is 25.1 Å². The second kappa shape index (κ2) is 9.02. The zero-order valence-electron chi connectivity index (χ0n) is 19.8. The van der Waals surface area contributed by atoms with E-state index in [0.717, 1.165) is 22.6 Å². The molecule has 1 aliphatic rings. The summed E-state index contributed by atoms with van der Waals surface area (Å²) < 4.78 is 1.82. The highest BCUT2D eigenvalue weighted by Gasteiger charge is 2.37. The minimum Gasteiger partial charge on any atom is -0.318 e. The minimum atomic E-state index is -0.807. The van der Waals surface area contributed by atoms with Crippen LogP contribution in [0.3, 0.4) is 0 Å². The summed E-state index contributed by atoms with van der Waals surface area (Å²) in [4.78, 5) is 50.2. The van der Waals surface area contributed by atoms with Gasteiger partial charge < -0.3 is 4.57 Å². The van der Waals surface area contributed by atoms with Gasteiger partial charge in [0.25, 0.3) is 17.5 Å². The third-order valence-corrected chi connectivity index (χ3v) is 6.12. The van der Waals surface area contributed by atoms with Crippen molar-refractivity contribution in [3.05, 3.63) is 92.3 Å². The summed E-state index contributed by atoms with van der Waals surface area (Å²) in [5.74, 6) is -1.50. The first kappa shape index (κ1) is 23.6. The number of aryl methyl sites for hydroxylation is 3. The van der Waals surface area contributed by atoms with Crippen LogP contribution in [0.25, 0.3) is 11.8 Å². The minimum absolute atomic E-state index is 0.0000125. The Morgan fingerprint density at radius 2 is 1.63 bits per heavy atom. The van der Waals surface area contributed by atoms with E-state index in [0.29, 0.717) is 28.2 Å². The number of carbonyl (C=O) groups is 3. The zero-order chi connectivity index (χ0) is 25.4. The monoisotopic (exact) mass is 472 g/mol. The van der Waals surface area contributed by atoms with E-state index in [-0.39, 0.29) is 11.3 Å². The molecule has 1 N–H and O–H groups in total. The van der Waals surface area contributed by atoms with Crippen LogP contribution in [0.4, 0.5) is 16.2 Å². The number of rotatable bonds is 5. The maximum Gasteiger partial charge on any atom is 0.335 e. The molecule has 9 heteroatoms. The van der Waals surface area contributed by atoms with E-state index in [2.05, 4.69) is 5.32 Å². The zero-order valence-corrected chi connectivity index (χ0v) is 19.8. The quantitative estimate of drug-likeness (QED) is 0.253. The van der Waals surface area contributed by atoms with E-state index in [4.69, 9.17) is 0 Å². The van der Waals surface area contributed by atoms with Crippen LogP contribution in [-0.4, -0.2) is 27.3 Å². The molecule has 0 saturated carbocycles.